The molecule has 7 nitrogen and oxygen atoms in total. The van der Waals surface area contributed by atoms with Gasteiger partial charge < -0.3 is 0 Å². The Labute approximate surface area is 205 Å². The molecule has 2 heterocycles. The lowest BCUT2D eigenvalue weighted by atomic mass is 9.83. The minimum Gasteiger partial charge on any atom is -0.294 e. The number of carbonyl (C=O) groups excluding carboxylic acids is 3. The molecule has 1 aliphatic rings. The summed E-state index contributed by atoms with van der Waals surface area (Å²) >= 11 is 11.7. The standard InChI is InChI=1S/C23H14Cl2F3N3O4/c24-14-5-1-12(2-6-14)16(32)10-22(11-17(33)13-3-7-15(25)8-4-13)20(35)30-21-29-18(23(26,27)28)9-19(34)31(21)22/h1-9H,10-11H2,(H,29,30,35). The SMILES string of the molecule is O=C(CC1(CC(=O)c2ccc(Cl)cc2)C(=O)Nc2nc(C(F)(F)F)cc(=O)n21)c1ccc(Cl)cc1. The number of rotatable bonds is 6. The topological polar surface area (TPSA) is 98.1 Å². The number of Topliss-reactive ketones (excluding diaryl/α,β-unsaturated/α-hetero) is 2. The lowest BCUT2D eigenvalue weighted by Crippen LogP contribution is -2.47. The monoisotopic (exact) mass is 523 g/mol. The van der Waals surface area contributed by atoms with Crippen molar-refractivity contribution in [3.63, 3.8) is 0 Å². The first-order valence-electron chi connectivity index (χ1n) is 10.0. The maximum absolute atomic E-state index is 13.2. The fourth-order valence-electron chi connectivity index (χ4n) is 3.83. The molecule has 1 aromatic heterocycles. The lowest BCUT2D eigenvalue weighted by molar-refractivity contribution is -0.141. The normalized spacial score (nSPS) is 14.4. The summed E-state index contributed by atoms with van der Waals surface area (Å²) in [6, 6.07) is 11.5. The molecular formula is C23H14Cl2F3N3O4. The fourth-order valence-corrected chi connectivity index (χ4v) is 4.08. The van der Waals surface area contributed by atoms with Crippen molar-refractivity contribution < 1.29 is 27.6 Å². The van der Waals surface area contributed by atoms with E-state index in [2.05, 4.69) is 10.3 Å². The zero-order chi connectivity index (χ0) is 25.5. The van der Waals surface area contributed by atoms with E-state index in [1.165, 1.54) is 48.5 Å². The van der Waals surface area contributed by atoms with Gasteiger partial charge in [-0.25, -0.2) is 4.98 Å². The number of ketones is 2. The average Bonchev–Trinajstić information content (AvgIpc) is 3.05. The van der Waals surface area contributed by atoms with Crippen LogP contribution < -0.4 is 10.9 Å². The van der Waals surface area contributed by atoms with Gasteiger partial charge in [0, 0.05) is 40.1 Å². The molecule has 1 aliphatic heterocycles. The van der Waals surface area contributed by atoms with Crippen LogP contribution in [0.2, 0.25) is 10.0 Å². The summed E-state index contributed by atoms with van der Waals surface area (Å²) in [5.41, 5.74) is -4.66. The van der Waals surface area contributed by atoms with E-state index in [1.807, 2.05) is 0 Å². The first-order valence-corrected chi connectivity index (χ1v) is 10.8. The number of alkyl halides is 3. The van der Waals surface area contributed by atoms with Crippen molar-refractivity contribution in [2.75, 3.05) is 5.32 Å². The number of carbonyl (C=O) groups is 3. The minimum absolute atomic E-state index is 0.127. The number of hydrogen-bond acceptors (Lipinski definition) is 5. The van der Waals surface area contributed by atoms with E-state index in [1.54, 1.807) is 0 Å². The molecule has 1 N–H and O–H groups in total. The van der Waals surface area contributed by atoms with Crippen molar-refractivity contribution in [2.24, 2.45) is 0 Å². The second-order valence-corrected chi connectivity index (χ2v) is 8.71. The van der Waals surface area contributed by atoms with Gasteiger partial charge in [0.1, 0.15) is 5.54 Å². The molecule has 0 fully saturated rings. The van der Waals surface area contributed by atoms with Crippen LogP contribution >= 0.6 is 23.2 Å². The Morgan fingerprint density at radius 1 is 0.886 bits per heavy atom. The Morgan fingerprint density at radius 3 is 1.77 bits per heavy atom. The van der Waals surface area contributed by atoms with Crippen LogP contribution in [-0.4, -0.2) is 27.0 Å². The van der Waals surface area contributed by atoms with E-state index in [4.69, 9.17) is 23.2 Å². The summed E-state index contributed by atoms with van der Waals surface area (Å²) < 4.78 is 40.2. The summed E-state index contributed by atoms with van der Waals surface area (Å²) in [4.78, 5) is 55.6. The highest BCUT2D eigenvalue weighted by Crippen LogP contribution is 2.38. The Balaban J connectivity index is 1.84. The third-order valence-corrected chi connectivity index (χ3v) is 6.03. The van der Waals surface area contributed by atoms with Crippen LogP contribution in [0, 0.1) is 0 Å². The molecule has 35 heavy (non-hydrogen) atoms. The molecule has 1 amide bonds. The maximum Gasteiger partial charge on any atom is 0.433 e. The predicted molar refractivity (Wildman–Crippen MR) is 121 cm³/mol. The molecular weight excluding hydrogens is 510 g/mol. The molecule has 0 atom stereocenters. The van der Waals surface area contributed by atoms with Gasteiger partial charge in [0.25, 0.3) is 11.5 Å². The molecule has 0 saturated carbocycles. The van der Waals surface area contributed by atoms with Crippen molar-refractivity contribution in [1.82, 2.24) is 9.55 Å². The van der Waals surface area contributed by atoms with Crippen LogP contribution in [0.4, 0.5) is 19.1 Å². The fraction of sp³-hybridized carbons (Fsp3) is 0.174. The molecule has 0 bridgehead atoms. The summed E-state index contributed by atoms with van der Waals surface area (Å²) in [5.74, 6) is -2.99. The second-order valence-electron chi connectivity index (χ2n) is 7.84. The summed E-state index contributed by atoms with van der Waals surface area (Å²) in [7, 11) is 0. The maximum atomic E-state index is 13.2. The number of fused-ring (bicyclic) bond motifs is 1. The molecule has 12 heteroatoms. The van der Waals surface area contributed by atoms with Crippen LogP contribution in [0.25, 0.3) is 0 Å². The number of hydrogen-bond donors (Lipinski definition) is 1. The number of nitrogens with one attached hydrogen (secondary N) is 1. The van der Waals surface area contributed by atoms with Crippen LogP contribution in [0.1, 0.15) is 39.3 Å². The van der Waals surface area contributed by atoms with E-state index in [9.17, 15) is 32.3 Å². The zero-order valence-corrected chi connectivity index (χ0v) is 19.0. The molecule has 0 unspecified atom stereocenters. The number of anilines is 1. The molecule has 180 valence electrons. The van der Waals surface area contributed by atoms with E-state index in [0.29, 0.717) is 14.6 Å². The van der Waals surface area contributed by atoms with E-state index in [-0.39, 0.29) is 17.2 Å². The first-order chi connectivity index (χ1) is 16.4. The average molecular weight is 524 g/mol. The molecule has 2 aromatic carbocycles. The Bertz CT molecular complexity index is 1340. The molecule has 0 saturated heterocycles. The van der Waals surface area contributed by atoms with E-state index >= 15 is 0 Å². The molecule has 3 aromatic rings. The van der Waals surface area contributed by atoms with Gasteiger partial charge in [0.15, 0.2) is 17.3 Å². The Kier molecular flexibility index (Phi) is 6.29. The largest absolute Gasteiger partial charge is 0.433 e. The van der Waals surface area contributed by atoms with Gasteiger partial charge in [0.2, 0.25) is 5.95 Å². The number of aromatic nitrogens is 2. The molecule has 0 spiro atoms. The van der Waals surface area contributed by atoms with Crippen LogP contribution in [0.15, 0.2) is 59.4 Å². The van der Waals surface area contributed by atoms with Crippen LogP contribution in [0.5, 0.6) is 0 Å². The van der Waals surface area contributed by atoms with Crippen LogP contribution in [0.3, 0.4) is 0 Å². The van der Waals surface area contributed by atoms with Crippen LogP contribution in [-0.2, 0) is 16.5 Å². The summed E-state index contributed by atoms with van der Waals surface area (Å²) in [6.45, 7) is 0. The predicted octanol–water partition coefficient (Wildman–Crippen LogP) is 4.76. The molecule has 4 rings (SSSR count). The van der Waals surface area contributed by atoms with Gasteiger partial charge in [0.05, 0.1) is 0 Å². The zero-order valence-electron chi connectivity index (χ0n) is 17.5. The number of halogens is 5. The van der Waals surface area contributed by atoms with Gasteiger partial charge in [-0.3, -0.25) is 29.1 Å². The molecule has 0 aliphatic carbocycles. The third-order valence-electron chi connectivity index (χ3n) is 5.52. The van der Waals surface area contributed by atoms with Crippen molar-refractivity contribution in [3.05, 3.63) is 91.8 Å². The van der Waals surface area contributed by atoms with Crippen molar-refractivity contribution in [2.45, 2.75) is 24.6 Å². The molecule has 0 radical (unpaired) electrons. The van der Waals surface area contributed by atoms with Gasteiger partial charge >= 0.3 is 6.18 Å². The highest BCUT2D eigenvalue weighted by molar-refractivity contribution is 6.31. The minimum atomic E-state index is -4.96. The van der Waals surface area contributed by atoms with Gasteiger partial charge in [-0.15, -0.1) is 0 Å². The first kappa shape index (κ1) is 24.6. The van der Waals surface area contributed by atoms with E-state index in [0.717, 1.165) is 0 Å². The summed E-state index contributed by atoms with van der Waals surface area (Å²) in [6.07, 6.45) is -6.34. The Hall–Kier alpha value is -3.50. The lowest BCUT2D eigenvalue weighted by Gasteiger charge is -2.27. The quantitative estimate of drug-likeness (QED) is 0.469. The van der Waals surface area contributed by atoms with Crippen molar-refractivity contribution in [1.29, 1.82) is 0 Å². The third kappa shape index (κ3) is 4.71. The number of nitrogens with zero attached hydrogens (tertiary/aromatic N) is 2. The number of amides is 1. The summed E-state index contributed by atoms with van der Waals surface area (Å²) in [5, 5.41) is 2.83. The number of benzene rings is 2. The Morgan fingerprint density at radius 2 is 1.34 bits per heavy atom. The highest BCUT2D eigenvalue weighted by Gasteiger charge is 2.52. The van der Waals surface area contributed by atoms with E-state index < -0.39 is 59.2 Å². The highest BCUT2D eigenvalue weighted by atomic mass is 35.5. The van der Waals surface area contributed by atoms with Gasteiger partial charge in [-0.1, -0.05) is 23.2 Å². The van der Waals surface area contributed by atoms with Gasteiger partial charge in [-0.2, -0.15) is 13.2 Å². The van der Waals surface area contributed by atoms with Crippen molar-refractivity contribution >= 4 is 46.6 Å². The van der Waals surface area contributed by atoms with Gasteiger partial charge in [-0.05, 0) is 48.5 Å². The second kappa shape index (κ2) is 8.94. The smallest absolute Gasteiger partial charge is 0.294 e. The van der Waals surface area contributed by atoms with Crippen molar-refractivity contribution in [3.8, 4) is 0 Å².